The lowest BCUT2D eigenvalue weighted by molar-refractivity contribution is -0.120. The smallest absolute Gasteiger partial charge is 0.348 e. The zero-order valence-electron chi connectivity index (χ0n) is 23.7. The minimum atomic E-state index is -0.828. The Morgan fingerprint density at radius 1 is 1.07 bits per heavy atom. The standard InChI is InChI=1S/C20H25ClN6O3.C6H6.C2H6.CH4S/c1-13(18(22)28)27-19(24-26(20(27)29)12-14-7-10-30-11-8-14)25-9-6-17(23-25)15-2-4-16(21)5-3-15;1-2-4-6-5-3-1;2*1-2/h2-5,13-14H,6-12H2,1H3,(H2,22,28);1-6H;1-2H3;2H,1H3. The minimum absolute atomic E-state index is 0.309. The minimum Gasteiger partial charge on any atom is -0.381 e. The molecule has 0 aliphatic carbocycles. The van der Waals surface area contributed by atoms with E-state index in [2.05, 4.69) is 22.8 Å². The number of hydrogen-bond acceptors (Lipinski definition) is 7. The second-order valence-corrected chi connectivity index (χ2v) is 9.29. The number of primary amides is 1. The molecule has 0 saturated carbocycles. The third kappa shape index (κ3) is 9.25. The van der Waals surface area contributed by atoms with Crippen LogP contribution in [0.15, 0.2) is 70.6 Å². The van der Waals surface area contributed by atoms with Crippen molar-refractivity contribution in [2.75, 3.05) is 31.0 Å². The molecule has 0 spiro atoms. The van der Waals surface area contributed by atoms with Crippen LogP contribution in [0.2, 0.25) is 5.02 Å². The summed E-state index contributed by atoms with van der Waals surface area (Å²) in [4.78, 5) is 25.0. The molecule has 1 amide bonds. The average Bonchev–Trinajstić information content (AvgIpc) is 3.62. The molecule has 40 heavy (non-hydrogen) atoms. The number of carbonyl (C=O) groups is 1. The molecule has 1 saturated heterocycles. The maximum atomic E-state index is 13.1. The quantitative estimate of drug-likeness (QED) is 0.392. The fraction of sp³-hybridized carbons (Fsp3) is 0.448. The highest BCUT2D eigenvalue weighted by Crippen LogP contribution is 2.23. The van der Waals surface area contributed by atoms with Gasteiger partial charge in [-0.05, 0) is 49.6 Å². The Bertz CT molecular complexity index is 1210. The number of anilines is 1. The number of halogens is 1. The molecule has 0 bridgehead atoms. The van der Waals surface area contributed by atoms with Crippen LogP contribution in [-0.4, -0.2) is 52.0 Å². The molecule has 2 aliphatic rings. The van der Waals surface area contributed by atoms with E-state index in [0.717, 1.165) is 24.1 Å². The van der Waals surface area contributed by atoms with Gasteiger partial charge in [0.15, 0.2) is 0 Å². The van der Waals surface area contributed by atoms with Crippen molar-refractivity contribution in [1.82, 2.24) is 14.3 Å². The first kappa shape index (κ1) is 33.1. The molecule has 9 nitrogen and oxygen atoms in total. The monoisotopic (exact) mass is 588 g/mol. The molecule has 2 aliphatic heterocycles. The van der Waals surface area contributed by atoms with E-state index in [1.165, 1.54) is 9.25 Å². The Labute approximate surface area is 247 Å². The van der Waals surface area contributed by atoms with E-state index in [9.17, 15) is 9.59 Å². The number of hydrazone groups is 1. The van der Waals surface area contributed by atoms with Crippen LogP contribution in [0.5, 0.6) is 0 Å². The molecule has 2 N–H and O–H groups in total. The van der Waals surface area contributed by atoms with Crippen molar-refractivity contribution >= 4 is 41.8 Å². The molecular weight excluding hydrogens is 548 g/mol. The van der Waals surface area contributed by atoms with Gasteiger partial charge in [0, 0.05) is 31.2 Å². The number of ether oxygens (including phenoxy) is 1. The van der Waals surface area contributed by atoms with Gasteiger partial charge < -0.3 is 10.5 Å². The van der Waals surface area contributed by atoms with Crippen molar-refractivity contribution in [2.45, 2.75) is 52.6 Å². The van der Waals surface area contributed by atoms with Gasteiger partial charge in [0.2, 0.25) is 11.9 Å². The summed E-state index contributed by atoms with van der Waals surface area (Å²) in [6.45, 7) is 8.01. The first-order valence-electron chi connectivity index (χ1n) is 13.6. The van der Waals surface area contributed by atoms with Crippen LogP contribution in [0, 0.1) is 5.92 Å². The van der Waals surface area contributed by atoms with Crippen LogP contribution >= 0.6 is 24.2 Å². The van der Waals surface area contributed by atoms with Crippen LogP contribution in [0.1, 0.15) is 51.6 Å². The van der Waals surface area contributed by atoms with Gasteiger partial charge in [0.25, 0.3) is 0 Å². The highest BCUT2D eigenvalue weighted by atomic mass is 35.5. The number of nitrogens with two attached hydrogens (primary N) is 1. The largest absolute Gasteiger partial charge is 0.381 e. The molecule has 5 rings (SSSR count). The van der Waals surface area contributed by atoms with E-state index >= 15 is 0 Å². The van der Waals surface area contributed by atoms with Gasteiger partial charge in [-0.3, -0.25) is 4.79 Å². The number of carbonyl (C=O) groups excluding carboxylic acids is 1. The SMILES string of the molecule is CC.CC(C(N)=O)n1c(N2CCC(c3ccc(Cl)cc3)=N2)nn(CC2CCOCC2)c1=O.CS.c1ccccc1. The van der Waals surface area contributed by atoms with Crippen molar-refractivity contribution < 1.29 is 9.53 Å². The topological polar surface area (TPSA) is 108 Å². The normalized spacial score (nSPS) is 15.3. The van der Waals surface area contributed by atoms with Gasteiger partial charge in [-0.2, -0.15) is 17.7 Å². The fourth-order valence-corrected chi connectivity index (χ4v) is 4.30. The lowest BCUT2D eigenvalue weighted by Gasteiger charge is -2.21. The first-order valence-corrected chi connectivity index (χ1v) is 14.8. The zero-order chi connectivity index (χ0) is 29.5. The Kier molecular flexibility index (Phi) is 14.6. The molecule has 0 radical (unpaired) electrons. The Balaban J connectivity index is 0.000000482. The van der Waals surface area contributed by atoms with Gasteiger partial charge in [0.1, 0.15) is 6.04 Å². The van der Waals surface area contributed by atoms with E-state index in [4.69, 9.17) is 22.1 Å². The molecule has 1 unspecified atom stereocenters. The molecular formula is C29H41ClN6O3S. The maximum absolute atomic E-state index is 13.1. The maximum Gasteiger partial charge on any atom is 0.348 e. The third-order valence-electron chi connectivity index (χ3n) is 6.30. The van der Waals surface area contributed by atoms with Crippen LogP contribution in [0.4, 0.5) is 5.95 Å². The molecule has 1 aromatic heterocycles. The highest BCUT2D eigenvalue weighted by Gasteiger charge is 2.29. The number of rotatable bonds is 6. The van der Waals surface area contributed by atoms with Crippen molar-refractivity contribution in [3.8, 4) is 0 Å². The molecule has 11 heteroatoms. The van der Waals surface area contributed by atoms with Crippen LogP contribution in [-0.2, 0) is 16.1 Å². The molecule has 218 valence electrons. The molecule has 1 fully saturated rings. The van der Waals surface area contributed by atoms with Gasteiger partial charge >= 0.3 is 5.69 Å². The second-order valence-electron chi connectivity index (χ2n) is 8.85. The molecule has 3 heterocycles. The van der Waals surface area contributed by atoms with Crippen molar-refractivity contribution in [1.29, 1.82) is 0 Å². The molecule has 1 atom stereocenters. The lowest BCUT2D eigenvalue weighted by Crippen LogP contribution is -2.36. The lowest BCUT2D eigenvalue weighted by atomic mass is 10.0. The fourth-order valence-electron chi connectivity index (χ4n) is 4.17. The van der Waals surface area contributed by atoms with Crippen molar-refractivity contribution in [3.63, 3.8) is 0 Å². The summed E-state index contributed by atoms with van der Waals surface area (Å²) in [6, 6.07) is 18.6. The second kappa shape index (κ2) is 17.6. The number of aromatic nitrogens is 3. The molecule has 2 aromatic carbocycles. The summed E-state index contributed by atoms with van der Waals surface area (Å²) >= 11 is 9.50. The van der Waals surface area contributed by atoms with E-state index < -0.39 is 11.9 Å². The number of hydrogen-bond donors (Lipinski definition) is 2. The van der Waals surface area contributed by atoms with Gasteiger partial charge in [-0.1, -0.05) is 74.0 Å². The van der Waals surface area contributed by atoms with Gasteiger partial charge in [-0.25, -0.2) is 19.1 Å². The van der Waals surface area contributed by atoms with Gasteiger partial charge in [-0.15, -0.1) is 5.10 Å². The Morgan fingerprint density at radius 3 is 2.15 bits per heavy atom. The van der Waals surface area contributed by atoms with E-state index in [1.807, 2.05) is 74.5 Å². The average molecular weight is 589 g/mol. The number of amides is 1. The summed E-state index contributed by atoms with van der Waals surface area (Å²) in [5, 5.41) is 11.5. The van der Waals surface area contributed by atoms with Crippen molar-refractivity contribution in [3.05, 3.63) is 81.7 Å². The number of thiol groups is 1. The summed E-state index contributed by atoms with van der Waals surface area (Å²) < 4.78 is 8.17. The summed E-state index contributed by atoms with van der Waals surface area (Å²) in [7, 11) is 0. The van der Waals surface area contributed by atoms with Crippen LogP contribution in [0.25, 0.3) is 0 Å². The van der Waals surface area contributed by atoms with Gasteiger partial charge in [0.05, 0.1) is 12.3 Å². The summed E-state index contributed by atoms with van der Waals surface area (Å²) in [5.74, 6) is 0.0515. The predicted octanol–water partition coefficient (Wildman–Crippen LogP) is 5.04. The summed E-state index contributed by atoms with van der Waals surface area (Å²) in [6.07, 6.45) is 4.14. The Morgan fingerprint density at radius 2 is 1.62 bits per heavy atom. The van der Waals surface area contributed by atoms with E-state index in [-0.39, 0.29) is 5.69 Å². The van der Waals surface area contributed by atoms with Crippen LogP contribution in [0.3, 0.4) is 0 Å². The zero-order valence-corrected chi connectivity index (χ0v) is 25.4. The summed E-state index contributed by atoms with van der Waals surface area (Å²) in [5.41, 5.74) is 6.99. The number of nitrogens with zero attached hydrogens (tertiary/aromatic N) is 5. The third-order valence-corrected chi connectivity index (χ3v) is 6.55. The van der Waals surface area contributed by atoms with E-state index in [0.29, 0.717) is 49.6 Å². The highest BCUT2D eigenvalue weighted by molar-refractivity contribution is 7.79. The molecule has 3 aromatic rings. The van der Waals surface area contributed by atoms with Crippen LogP contribution < -0.4 is 16.4 Å². The van der Waals surface area contributed by atoms with Crippen molar-refractivity contribution in [2.24, 2.45) is 16.8 Å². The Hall–Kier alpha value is -3.08. The number of benzene rings is 2. The van der Waals surface area contributed by atoms with E-state index in [1.54, 1.807) is 18.2 Å². The predicted molar refractivity (Wildman–Crippen MR) is 167 cm³/mol. The first-order chi connectivity index (χ1) is 19.4.